The first-order valence-corrected chi connectivity index (χ1v) is 7.30. The predicted octanol–water partition coefficient (Wildman–Crippen LogP) is 2.18. The van der Waals surface area contributed by atoms with Crippen LogP contribution in [-0.2, 0) is 17.6 Å². The highest BCUT2D eigenvalue weighted by Gasteiger charge is 2.19. The normalized spacial score (nSPS) is 23.1. The Hall–Kier alpha value is -1.35. The van der Waals surface area contributed by atoms with Crippen molar-refractivity contribution < 1.29 is 4.79 Å². The lowest BCUT2D eigenvalue weighted by molar-refractivity contribution is -0.121. The number of carbonyl (C=O) groups excluding carboxylic acids is 1. The fourth-order valence-electron chi connectivity index (χ4n) is 2.62. The van der Waals surface area contributed by atoms with Crippen LogP contribution < -0.4 is 11.1 Å². The molecule has 1 fully saturated rings. The summed E-state index contributed by atoms with van der Waals surface area (Å²) in [5.41, 5.74) is 8.26. The number of benzene rings is 1. The van der Waals surface area contributed by atoms with Gasteiger partial charge in [-0.1, -0.05) is 31.2 Å². The lowest BCUT2D eigenvalue weighted by atomic mass is 9.91. The average Bonchev–Trinajstić information content (AvgIpc) is 2.42. The van der Waals surface area contributed by atoms with E-state index in [2.05, 4.69) is 36.5 Å². The fourth-order valence-corrected chi connectivity index (χ4v) is 2.62. The Labute approximate surface area is 115 Å². The highest BCUT2D eigenvalue weighted by Crippen LogP contribution is 2.17. The van der Waals surface area contributed by atoms with Gasteiger partial charge in [0, 0.05) is 12.1 Å². The van der Waals surface area contributed by atoms with E-state index >= 15 is 0 Å². The van der Waals surface area contributed by atoms with Gasteiger partial charge in [0.1, 0.15) is 0 Å². The van der Waals surface area contributed by atoms with Crippen LogP contribution >= 0.6 is 0 Å². The molecule has 1 aromatic carbocycles. The molecule has 2 rings (SSSR count). The number of nitrogens with one attached hydrogen (secondary N) is 1. The molecule has 0 atom stereocenters. The molecule has 1 aromatic rings. The van der Waals surface area contributed by atoms with Gasteiger partial charge in [-0.2, -0.15) is 0 Å². The third-order valence-corrected chi connectivity index (χ3v) is 3.93. The van der Waals surface area contributed by atoms with Crippen molar-refractivity contribution in [2.75, 3.05) is 0 Å². The van der Waals surface area contributed by atoms with Crippen molar-refractivity contribution in [2.45, 2.75) is 57.5 Å². The van der Waals surface area contributed by atoms with Crippen LogP contribution in [0.3, 0.4) is 0 Å². The van der Waals surface area contributed by atoms with Crippen molar-refractivity contribution in [2.24, 2.45) is 5.73 Å². The van der Waals surface area contributed by atoms with Gasteiger partial charge >= 0.3 is 0 Å². The van der Waals surface area contributed by atoms with Crippen LogP contribution in [0, 0.1) is 0 Å². The molecule has 0 radical (unpaired) electrons. The minimum Gasteiger partial charge on any atom is -0.353 e. The zero-order valence-electron chi connectivity index (χ0n) is 11.7. The quantitative estimate of drug-likeness (QED) is 0.872. The number of amides is 1. The lowest BCUT2D eigenvalue weighted by Crippen LogP contribution is -2.41. The molecule has 1 amide bonds. The molecule has 3 nitrogen and oxygen atoms in total. The maximum atomic E-state index is 12.0. The van der Waals surface area contributed by atoms with Gasteiger partial charge in [0.15, 0.2) is 0 Å². The third-order valence-electron chi connectivity index (χ3n) is 3.93. The van der Waals surface area contributed by atoms with Crippen LogP contribution in [-0.4, -0.2) is 18.0 Å². The molecular formula is C16H24N2O. The van der Waals surface area contributed by atoms with Gasteiger partial charge in [0.05, 0.1) is 6.42 Å². The second kappa shape index (κ2) is 6.71. The van der Waals surface area contributed by atoms with Crippen molar-refractivity contribution in [1.29, 1.82) is 0 Å². The summed E-state index contributed by atoms with van der Waals surface area (Å²) in [6.07, 6.45) is 5.59. The van der Waals surface area contributed by atoms with E-state index in [0.29, 0.717) is 18.5 Å². The van der Waals surface area contributed by atoms with Gasteiger partial charge in [0.25, 0.3) is 0 Å². The highest BCUT2D eigenvalue weighted by atomic mass is 16.1. The van der Waals surface area contributed by atoms with Crippen LogP contribution in [0.4, 0.5) is 0 Å². The summed E-state index contributed by atoms with van der Waals surface area (Å²) in [6, 6.07) is 8.95. The van der Waals surface area contributed by atoms with Crippen LogP contribution in [0.5, 0.6) is 0 Å². The van der Waals surface area contributed by atoms with E-state index in [0.717, 1.165) is 37.7 Å². The minimum absolute atomic E-state index is 0.129. The molecule has 1 aliphatic carbocycles. The van der Waals surface area contributed by atoms with Crippen molar-refractivity contribution >= 4 is 5.91 Å². The molecular weight excluding hydrogens is 236 g/mol. The minimum atomic E-state index is 0.129. The topological polar surface area (TPSA) is 55.1 Å². The van der Waals surface area contributed by atoms with E-state index in [1.807, 2.05) is 0 Å². The number of hydrogen-bond acceptors (Lipinski definition) is 2. The molecule has 1 saturated carbocycles. The fraction of sp³-hybridized carbons (Fsp3) is 0.562. The van der Waals surface area contributed by atoms with E-state index in [4.69, 9.17) is 5.73 Å². The van der Waals surface area contributed by atoms with Crippen LogP contribution in [0.2, 0.25) is 0 Å². The largest absolute Gasteiger partial charge is 0.353 e. The maximum Gasteiger partial charge on any atom is 0.224 e. The first-order chi connectivity index (χ1) is 9.17. The van der Waals surface area contributed by atoms with E-state index in [-0.39, 0.29) is 5.91 Å². The molecule has 3 heteroatoms. The lowest BCUT2D eigenvalue weighted by Gasteiger charge is -2.26. The molecule has 0 aromatic heterocycles. The number of aryl methyl sites for hydroxylation is 1. The Morgan fingerprint density at radius 3 is 2.32 bits per heavy atom. The summed E-state index contributed by atoms with van der Waals surface area (Å²) < 4.78 is 0. The standard InChI is InChI=1S/C16H24N2O/c1-2-12-3-5-13(6-4-12)11-16(19)18-15-9-7-14(17)8-10-15/h3-6,14-15H,2,7-11,17H2,1H3,(H,18,19). The van der Waals surface area contributed by atoms with Crippen LogP contribution in [0.25, 0.3) is 0 Å². The van der Waals surface area contributed by atoms with Crippen LogP contribution in [0.1, 0.15) is 43.7 Å². The molecule has 104 valence electrons. The summed E-state index contributed by atoms with van der Waals surface area (Å²) in [4.78, 5) is 12.0. The number of hydrogen-bond donors (Lipinski definition) is 2. The molecule has 0 unspecified atom stereocenters. The Kier molecular flexibility index (Phi) is 4.97. The monoisotopic (exact) mass is 260 g/mol. The van der Waals surface area contributed by atoms with E-state index in [1.54, 1.807) is 0 Å². The molecule has 19 heavy (non-hydrogen) atoms. The average molecular weight is 260 g/mol. The van der Waals surface area contributed by atoms with Gasteiger partial charge in [0.2, 0.25) is 5.91 Å². The summed E-state index contributed by atoms with van der Waals surface area (Å²) in [7, 11) is 0. The highest BCUT2D eigenvalue weighted by molar-refractivity contribution is 5.78. The zero-order chi connectivity index (χ0) is 13.7. The van der Waals surface area contributed by atoms with Gasteiger partial charge in [-0.05, 0) is 43.2 Å². The molecule has 0 heterocycles. The Morgan fingerprint density at radius 1 is 1.16 bits per heavy atom. The van der Waals surface area contributed by atoms with E-state index < -0.39 is 0 Å². The van der Waals surface area contributed by atoms with Crippen molar-refractivity contribution in [3.63, 3.8) is 0 Å². The van der Waals surface area contributed by atoms with Crippen molar-refractivity contribution in [3.8, 4) is 0 Å². The summed E-state index contributed by atoms with van der Waals surface area (Å²) in [6.45, 7) is 2.13. The van der Waals surface area contributed by atoms with E-state index in [1.165, 1.54) is 5.56 Å². The van der Waals surface area contributed by atoms with E-state index in [9.17, 15) is 4.79 Å². The van der Waals surface area contributed by atoms with Gasteiger partial charge < -0.3 is 11.1 Å². The Morgan fingerprint density at radius 2 is 1.74 bits per heavy atom. The predicted molar refractivity (Wildman–Crippen MR) is 77.9 cm³/mol. The molecule has 0 saturated heterocycles. The van der Waals surface area contributed by atoms with Gasteiger partial charge in [-0.15, -0.1) is 0 Å². The summed E-state index contributed by atoms with van der Waals surface area (Å²) in [5, 5.41) is 3.12. The molecule has 3 N–H and O–H groups in total. The second-order valence-electron chi connectivity index (χ2n) is 5.53. The molecule has 1 aliphatic rings. The number of rotatable bonds is 4. The first-order valence-electron chi connectivity index (χ1n) is 7.30. The van der Waals surface area contributed by atoms with Crippen molar-refractivity contribution in [3.05, 3.63) is 35.4 Å². The van der Waals surface area contributed by atoms with Crippen LogP contribution in [0.15, 0.2) is 24.3 Å². The van der Waals surface area contributed by atoms with Gasteiger partial charge in [-0.3, -0.25) is 4.79 Å². The maximum absolute atomic E-state index is 12.0. The number of nitrogens with two attached hydrogens (primary N) is 1. The SMILES string of the molecule is CCc1ccc(CC(=O)NC2CCC(N)CC2)cc1. The summed E-state index contributed by atoms with van der Waals surface area (Å²) in [5.74, 6) is 0.129. The summed E-state index contributed by atoms with van der Waals surface area (Å²) >= 11 is 0. The Balaban J connectivity index is 1.80. The molecule has 0 spiro atoms. The first kappa shape index (κ1) is 14.1. The molecule has 0 aliphatic heterocycles. The van der Waals surface area contributed by atoms with Gasteiger partial charge in [-0.25, -0.2) is 0 Å². The smallest absolute Gasteiger partial charge is 0.224 e. The second-order valence-corrected chi connectivity index (χ2v) is 5.53. The third kappa shape index (κ3) is 4.35. The Bertz CT molecular complexity index is 405. The zero-order valence-corrected chi connectivity index (χ0v) is 11.7. The molecule has 0 bridgehead atoms. The van der Waals surface area contributed by atoms with Crippen molar-refractivity contribution in [1.82, 2.24) is 5.32 Å². The number of carbonyl (C=O) groups is 1.